The number of hydrogen-bond acceptors (Lipinski definition) is 7. The number of phenolic OH excluding ortho intramolecular Hbond substituents is 1. The summed E-state index contributed by atoms with van der Waals surface area (Å²) in [6.07, 6.45) is 0.651. The highest BCUT2D eigenvalue weighted by Crippen LogP contribution is 2.33. The SMILES string of the molecule is COc1ccc(-c2cc(C(=O)NCC(C)(C)OCC(C)(C)C(=O)NCCc3ccc(O)cc3)c3ccccc3n2)cc1OC. The maximum absolute atomic E-state index is 13.6. The van der Waals surface area contributed by atoms with E-state index in [2.05, 4.69) is 10.6 Å². The number of carbonyl (C=O) groups excluding carboxylic acids is 2. The standard InChI is InChI=1S/C35H41N3O6/c1-34(2,33(41)36-18-17-23-11-14-25(39)15-12-23)22-44-35(3,4)21-37-32(40)27-20-29(38-28-10-8-7-9-26(27)28)24-13-16-30(42-5)31(19-24)43-6/h7-16,19-20,39H,17-18,21-22H2,1-6H3,(H,36,41)(H,37,40). The molecule has 0 aliphatic heterocycles. The Labute approximate surface area is 258 Å². The molecular formula is C35H41N3O6. The number of amides is 2. The number of para-hydroxylation sites is 1. The van der Waals surface area contributed by atoms with Crippen molar-refractivity contribution in [3.8, 4) is 28.5 Å². The summed E-state index contributed by atoms with van der Waals surface area (Å²) in [6, 6.07) is 21.7. The van der Waals surface area contributed by atoms with Crippen LogP contribution in [0.5, 0.6) is 17.2 Å². The number of aromatic nitrogens is 1. The Bertz CT molecular complexity index is 1620. The van der Waals surface area contributed by atoms with Gasteiger partial charge in [0.25, 0.3) is 5.91 Å². The van der Waals surface area contributed by atoms with Crippen molar-refractivity contribution in [2.45, 2.75) is 39.7 Å². The lowest BCUT2D eigenvalue weighted by molar-refractivity contribution is -0.136. The first kappa shape index (κ1) is 32.3. The highest BCUT2D eigenvalue weighted by atomic mass is 16.5. The number of nitrogens with one attached hydrogen (secondary N) is 2. The van der Waals surface area contributed by atoms with E-state index in [1.54, 1.807) is 32.4 Å². The fourth-order valence-electron chi connectivity index (χ4n) is 4.61. The first-order valence-corrected chi connectivity index (χ1v) is 14.5. The molecule has 2 amide bonds. The number of carbonyl (C=O) groups is 2. The van der Waals surface area contributed by atoms with Crippen LogP contribution in [0.15, 0.2) is 72.8 Å². The Kier molecular flexibility index (Phi) is 10.1. The quantitative estimate of drug-likeness (QED) is 0.185. The summed E-state index contributed by atoms with van der Waals surface area (Å²) >= 11 is 0. The Morgan fingerprint density at radius 2 is 1.57 bits per heavy atom. The summed E-state index contributed by atoms with van der Waals surface area (Å²) in [5.74, 6) is 1.00. The van der Waals surface area contributed by atoms with Crippen LogP contribution < -0.4 is 20.1 Å². The van der Waals surface area contributed by atoms with Crippen molar-refractivity contribution in [1.82, 2.24) is 15.6 Å². The molecule has 0 unspecified atom stereocenters. The molecule has 0 aliphatic carbocycles. The predicted molar refractivity (Wildman–Crippen MR) is 171 cm³/mol. The van der Waals surface area contributed by atoms with Crippen molar-refractivity contribution in [3.05, 3.63) is 83.9 Å². The van der Waals surface area contributed by atoms with E-state index in [4.69, 9.17) is 19.2 Å². The van der Waals surface area contributed by atoms with Crippen LogP contribution >= 0.6 is 0 Å². The molecule has 0 aliphatic rings. The van der Waals surface area contributed by atoms with Gasteiger partial charge in [-0.2, -0.15) is 0 Å². The van der Waals surface area contributed by atoms with E-state index in [1.807, 2.05) is 82.3 Å². The number of methoxy groups -OCH3 is 2. The lowest BCUT2D eigenvalue weighted by Crippen LogP contribution is -2.46. The van der Waals surface area contributed by atoms with Crippen LogP contribution in [0.1, 0.15) is 43.6 Å². The van der Waals surface area contributed by atoms with E-state index >= 15 is 0 Å². The average molecular weight is 600 g/mol. The van der Waals surface area contributed by atoms with Crippen LogP contribution in [0.4, 0.5) is 0 Å². The Balaban J connectivity index is 1.40. The van der Waals surface area contributed by atoms with Crippen molar-refractivity contribution in [2.75, 3.05) is 33.9 Å². The molecule has 0 spiro atoms. The van der Waals surface area contributed by atoms with Crippen molar-refractivity contribution >= 4 is 22.7 Å². The minimum Gasteiger partial charge on any atom is -0.508 e. The van der Waals surface area contributed by atoms with E-state index in [0.29, 0.717) is 41.2 Å². The summed E-state index contributed by atoms with van der Waals surface area (Å²) in [4.78, 5) is 31.3. The van der Waals surface area contributed by atoms with Gasteiger partial charge in [-0.05, 0) is 82.1 Å². The summed E-state index contributed by atoms with van der Waals surface area (Å²) < 4.78 is 17.0. The number of nitrogens with zero attached hydrogens (tertiary/aromatic N) is 1. The number of phenols is 1. The number of aromatic hydroxyl groups is 1. The van der Waals surface area contributed by atoms with E-state index in [1.165, 1.54) is 0 Å². The van der Waals surface area contributed by atoms with Crippen molar-refractivity contribution in [1.29, 1.82) is 0 Å². The van der Waals surface area contributed by atoms with Crippen LogP contribution in [0.25, 0.3) is 22.2 Å². The van der Waals surface area contributed by atoms with Gasteiger partial charge in [0.15, 0.2) is 11.5 Å². The minimum atomic E-state index is -0.786. The van der Waals surface area contributed by atoms with Gasteiger partial charge in [0.05, 0.1) is 48.6 Å². The summed E-state index contributed by atoms with van der Waals surface area (Å²) in [5.41, 5.74) is 2.09. The van der Waals surface area contributed by atoms with Crippen molar-refractivity contribution in [3.63, 3.8) is 0 Å². The second-order valence-electron chi connectivity index (χ2n) is 11.9. The molecule has 4 aromatic rings. The smallest absolute Gasteiger partial charge is 0.252 e. The van der Waals surface area contributed by atoms with Crippen molar-refractivity contribution in [2.24, 2.45) is 5.41 Å². The van der Waals surface area contributed by atoms with E-state index in [0.717, 1.165) is 16.5 Å². The van der Waals surface area contributed by atoms with Gasteiger partial charge in [0.1, 0.15) is 5.75 Å². The molecule has 232 valence electrons. The first-order valence-electron chi connectivity index (χ1n) is 14.5. The maximum atomic E-state index is 13.6. The van der Waals surface area contributed by atoms with Gasteiger partial charge in [-0.3, -0.25) is 9.59 Å². The monoisotopic (exact) mass is 599 g/mol. The normalized spacial score (nSPS) is 11.7. The molecule has 3 N–H and O–H groups in total. The molecule has 1 aromatic heterocycles. The largest absolute Gasteiger partial charge is 0.508 e. The summed E-state index contributed by atoms with van der Waals surface area (Å²) in [6.45, 7) is 8.29. The van der Waals surface area contributed by atoms with E-state index in [-0.39, 0.29) is 30.7 Å². The summed E-state index contributed by atoms with van der Waals surface area (Å²) in [5, 5.41) is 16.2. The van der Waals surface area contributed by atoms with Gasteiger partial charge in [-0.1, -0.05) is 30.3 Å². The number of hydrogen-bond donors (Lipinski definition) is 3. The molecule has 9 heteroatoms. The molecule has 0 radical (unpaired) electrons. The molecule has 0 fully saturated rings. The van der Waals surface area contributed by atoms with Crippen LogP contribution in [-0.2, 0) is 16.0 Å². The lowest BCUT2D eigenvalue weighted by Gasteiger charge is -2.31. The number of ether oxygens (including phenoxy) is 3. The van der Waals surface area contributed by atoms with Gasteiger partial charge in [-0.15, -0.1) is 0 Å². The molecule has 44 heavy (non-hydrogen) atoms. The fourth-order valence-corrected chi connectivity index (χ4v) is 4.61. The van der Waals surface area contributed by atoms with Gasteiger partial charge in [0.2, 0.25) is 5.91 Å². The molecular weight excluding hydrogens is 558 g/mol. The van der Waals surface area contributed by atoms with Crippen LogP contribution in [0, 0.1) is 5.41 Å². The zero-order valence-corrected chi connectivity index (χ0v) is 26.2. The average Bonchev–Trinajstić information content (AvgIpc) is 3.02. The molecule has 3 aromatic carbocycles. The van der Waals surface area contributed by atoms with Gasteiger partial charge in [-0.25, -0.2) is 4.98 Å². The number of pyridine rings is 1. The third-order valence-electron chi connectivity index (χ3n) is 7.39. The highest BCUT2D eigenvalue weighted by molar-refractivity contribution is 6.07. The minimum absolute atomic E-state index is 0.123. The van der Waals surface area contributed by atoms with Crippen LogP contribution in [0.2, 0.25) is 0 Å². The van der Waals surface area contributed by atoms with Gasteiger partial charge in [0, 0.05) is 24.0 Å². The van der Waals surface area contributed by atoms with E-state index < -0.39 is 11.0 Å². The second-order valence-corrected chi connectivity index (χ2v) is 11.9. The van der Waals surface area contributed by atoms with Crippen LogP contribution in [-0.4, -0.2) is 61.4 Å². The third kappa shape index (κ3) is 8.05. The maximum Gasteiger partial charge on any atom is 0.252 e. The molecule has 4 rings (SSSR count). The topological polar surface area (TPSA) is 119 Å². The lowest BCUT2D eigenvalue weighted by atomic mass is 9.93. The molecule has 1 heterocycles. The molecule has 0 bridgehead atoms. The number of rotatable bonds is 13. The molecule has 9 nitrogen and oxygen atoms in total. The summed E-state index contributed by atoms with van der Waals surface area (Å²) in [7, 11) is 3.15. The molecule has 0 saturated heterocycles. The first-order chi connectivity index (χ1) is 20.9. The second kappa shape index (κ2) is 13.8. The fraction of sp³-hybridized carbons (Fsp3) is 0.343. The Morgan fingerprint density at radius 3 is 2.27 bits per heavy atom. The number of benzene rings is 3. The van der Waals surface area contributed by atoms with Gasteiger partial charge >= 0.3 is 0 Å². The Morgan fingerprint density at radius 1 is 0.864 bits per heavy atom. The zero-order chi connectivity index (χ0) is 31.9. The predicted octanol–water partition coefficient (Wildman–Crippen LogP) is 5.53. The van der Waals surface area contributed by atoms with Crippen molar-refractivity contribution < 1.29 is 28.9 Å². The molecule has 0 atom stereocenters. The van der Waals surface area contributed by atoms with Gasteiger partial charge < -0.3 is 30.0 Å². The number of fused-ring (bicyclic) bond motifs is 1. The van der Waals surface area contributed by atoms with Crippen LogP contribution in [0.3, 0.4) is 0 Å². The Hall–Kier alpha value is -4.63. The zero-order valence-electron chi connectivity index (χ0n) is 26.2. The van der Waals surface area contributed by atoms with E-state index in [9.17, 15) is 14.7 Å². The third-order valence-corrected chi connectivity index (χ3v) is 7.39. The molecule has 0 saturated carbocycles. The highest BCUT2D eigenvalue weighted by Gasteiger charge is 2.31.